The molecule has 2 saturated heterocycles. The van der Waals surface area contributed by atoms with E-state index in [1.165, 1.54) is 18.4 Å². The lowest BCUT2D eigenvalue weighted by atomic mass is 9.87. The Hall–Kier alpha value is -2.34. The SMILES string of the molecule is CCNC(=NCc1c(C)nn(-c2ccccc2)c1C)N1CCC2(CCOC2)C1. The largest absolute Gasteiger partial charge is 0.381 e. The normalized spacial score (nSPS) is 22.4. The molecule has 1 aromatic heterocycles. The van der Waals surface area contributed by atoms with E-state index in [1.807, 2.05) is 22.9 Å². The standard InChI is InChI=1S/C22H31N5O/c1-4-23-21(26-12-10-22(15-26)11-13-28-16-22)24-14-20-17(2)25-27(18(20)3)19-8-6-5-7-9-19/h5-9H,4,10-16H2,1-3H3,(H,23,24). The van der Waals surface area contributed by atoms with Gasteiger partial charge in [0.2, 0.25) is 0 Å². The Morgan fingerprint density at radius 2 is 2.07 bits per heavy atom. The van der Waals surface area contributed by atoms with Gasteiger partial charge in [0.05, 0.1) is 24.5 Å². The summed E-state index contributed by atoms with van der Waals surface area (Å²) in [6.45, 7) is 11.7. The summed E-state index contributed by atoms with van der Waals surface area (Å²) in [5.41, 5.74) is 4.83. The van der Waals surface area contributed by atoms with Gasteiger partial charge in [-0.15, -0.1) is 0 Å². The number of nitrogens with one attached hydrogen (secondary N) is 1. The van der Waals surface area contributed by atoms with Crippen LogP contribution in [-0.4, -0.2) is 53.5 Å². The Bertz CT molecular complexity index is 836. The van der Waals surface area contributed by atoms with Gasteiger partial charge in [-0.05, 0) is 45.7 Å². The van der Waals surface area contributed by atoms with Gasteiger partial charge in [0.25, 0.3) is 0 Å². The smallest absolute Gasteiger partial charge is 0.194 e. The van der Waals surface area contributed by atoms with Crippen LogP contribution in [0.3, 0.4) is 0 Å². The molecule has 1 spiro atoms. The predicted octanol–water partition coefficient (Wildman–Crippen LogP) is 3.07. The average Bonchev–Trinajstić information content (AvgIpc) is 3.42. The highest BCUT2D eigenvalue weighted by atomic mass is 16.5. The molecular formula is C22H31N5O. The second-order valence-electron chi connectivity index (χ2n) is 8.04. The Balaban J connectivity index is 1.54. The van der Waals surface area contributed by atoms with Gasteiger partial charge < -0.3 is 15.0 Å². The topological polar surface area (TPSA) is 54.7 Å². The molecule has 1 unspecified atom stereocenters. The molecule has 2 aliphatic heterocycles. The minimum atomic E-state index is 0.334. The zero-order valence-electron chi connectivity index (χ0n) is 17.2. The number of para-hydroxylation sites is 1. The first-order valence-electron chi connectivity index (χ1n) is 10.3. The maximum Gasteiger partial charge on any atom is 0.194 e. The number of nitrogens with zero attached hydrogens (tertiary/aromatic N) is 4. The second kappa shape index (κ2) is 7.95. The van der Waals surface area contributed by atoms with Crippen LogP contribution >= 0.6 is 0 Å². The van der Waals surface area contributed by atoms with Gasteiger partial charge in [-0.25, -0.2) is 9.67 Å². The van der Waals surface area contributed by atoms with Crippen LogP contribution in [0.2, 0.25) is 0 Å². The Morgan fingerprint density at radius 1 is 1.25 bits per heavy atom. The van der Waals surface area contributed by atoms with E-state index in [0.29, 0.717) is 12.0 Å². The third kappa shape index (κ3) is 3.65. The number of aliphatic imine (C=N–C) groups is 1. The molecule has 1 atom stereocenters. The number of hydrogen-bond donors (Lipinski definition) is 1. The van der Waals surface area contributed by atoms with E-state index in [-0.39, 0.29) is 0 Å². The van der Waals surface area contributed by atoms with Crippen molar-refractivity contribution in [1.29, 1.82) is 0 Å². The Kier molecular flexibility index (Phi) is 5.40. The molecular weight excluding hydrogens is 350 g/mol. The van der Waals surface area contributed by atoms with Gasteiger partial charge in [-0.2, -0.15) is 5.10 Å². The molecule has 6 nitrogen and oxygen atoms in total. The quantitative estimate of drug-likeness (QED) is 0.653. The fraction of sp³-hybridized carbons (Fsp3) is 0.545. The fourth-order valence-electron chi connectivity index (χ4n) is 4.39. The minimum Gasteiger partial charge on any atom is -0.381 e. The molecule has 0 amide bonds. The molecule has 1 aromatic carbocycles. The van der Waals surface area contributed by atoms with Crippen molar-refractivity contribution in [3.63, 3.8) is 0 Å². The summed E-state index contributed by atoms with van der Waals surface area (Å²) in [6.07, 6.45) is 2.37. The number of hydrogen-bond acceptors (Lipinski definition) is 3. The van der Waals surface area contributed by atoms with Crippen molar-refractivity contribution < 1.29 is 4.74 Å². The lowest BCUT2D eigenvalue weighted by molar-refractivity contribution is 0.156. The summed E-state index contributed by atoms with van der Waals surface area (Å²) >= 11 is 0. The van der Waals surface area contributed by atoms with Crippen molar-refractivity contribution in [2.45, 2.75) is 40.2 Å². The minimum absolute atomic E-state index is 0.334. The molecule has 150 valence electrons. The first-order valence-corrected chi connectivity index (χ1v) is 10.3. The highest BCUT2D eigenvalue weighted by Gasteiger charge is 2.42. The summed E-state index contributed by atoms with van der Waals surface area (Å²) < 4.78 is 7.70. The van der Waals surface area contributed by atoms with Crippen molar-refractivity contribution in [2.75, 3.05) is 32.8 Å². The van der Waals surface area contributed by atoms with E-state index in [0.717, 1.165) is 55.9 Å². The highest BCUT2D eigenvalue weighted by Crippen LogP contribution is 2.38. The number of likely N-dealkylation sites (tertiary alicyclic amines) is 1. The van der Waals surface area contributed by atoms with Crippen LogP contribution in [0.1, 0.15) is 36.7 Å². The molecule has 4 rings (SSSR count). The van der Waals surface area contributed by atoms with E-state index in [2.05, 4.69) is 43.1 Å². The maximum atomic E-state index is 5.68. The van der Waals surface area contributed by atoms with Gasteiger partial charge in [-0.1, -0.05) is 18.2 Å². The summed E-state index contributed by atoms with van der Waals surface area (Å²) in [7, 11) is 0. The summed E-state index contributed by atoms with van der Waals surface area (Å²) in [5.74, 6) is 1.01. The van der Waals surface area contributed by atoms with Gasteiger partial charge in [0.1, 0.15) is 0 Å². The molecule has 0 bridgehead atoms. The maximum absolute atomic E-state index is 5.68. The van der Waals surface area contributed by atoms with E-state index >= 15 is 0 Å². The van der Waals surface area contributed by atoms with Crippen molar-refractivity contribution in [1.82, 2.24) is 20.0 Å². The predicted molar refractivity (Wildman–Crippen MR) is 112 cm³/mol. The average molecular weight is 382 g/mol. The molecule has 1 N–H and O–H groups in total. The summed E-state index contributed by atoms with van der Waals surface area (Å²) in [4.78, 5) is 7.39. The third-order valence-electron chi connectivity index (χ3n) is 6.09. The van der Waals surface area contributed by atoms with Crippen molar-refractivity contribution in [3.8, 4) is 5.69 Å². The number of ether oxygens (including phenoxy) is 1. The van der Waals surface area contributed by atoms with Crippen molar-refractivity contribution in [2.24, 2.45) is 10.4 Å². The number of guanidine groups is 1. The van der Waals surface area contributed by atoms with Crippen LogP contribution in [0.15, 0.2) is 35.3 Å². The van der Waals surface area contributed by atoms with E-state index in [4.69, 9.17) is 14.8 Å². The highest BCUT2D eigenvalue weighted by molar-refractivity contribution is 5.80. The molecule has 2 aromatic rings. The van der Waals surface area contributed by atoms with Gasteiger partial charge in [0.15, 0.2) is 5.96 Å². The molecule has 6 heteroatoms. The van der Waals surface area contributed by atoms with E-state index in [9.17, 15) is 0 Å². The second-order valence-corrected chi connectivity index (χ2v) is 8.04. The van der Waals surface area contributed by atoms with Crippen molar-refractivity contribution >= 4 is 5.96 Å². The summed E-state index contributed by atoms with van der Waals surface area (Å²) in [5, 5.41) is 8.24. The van der Waals surface area contributed by atoms with Crippen LogP contribution < -0.4 is 5.32 Å². The lowest BCUT2D eigenvalue weighted by Gasteiger charge is -2.25. The van der Waals surface area contributed by atoms with Crippen LogP contribution in [0.5, 0.6) is 0 Å². The van der Waals surface area contributed by atoms with Crippen LogP contribution in [0.4, 0.5) is 0 Å². The zero-order valence-corrected chi connectivity index (χ0v) is 17.2. The number of aromatic nitrogens is 2. The fourth-order valence-corrected chi connectivity index (χ4v) is 4.39. The monoisotopic (exact) mass is 381 g/mol. The Labute approximate surface area is 167 Å². The van der Waals surface area contributed by atoms with Crippen LogP contribution in [-0.2, 0) is 11.3 Å². The van der Waals surface area contributed by atoms with Crippen LogP contribution in [0, 0.1) is 19.3 Å². The molecule has 28 heavy (non-hydrogen) atoms. The zero-order chi connectivity index (χ0) is 19.6. The molecule has 2 fully saturated rings. The van der Waals surface area contributed by atoms with E-state index < -0.39 is 0 Å². The lowest BCUT2D eigenvalue weighted by Crippen LogP contribution is -2.41. The first kappa shape index (κ1) is 19.0. The number of benzene rings is 1. The van der Waals surface area contributed by atoms with E-state index in [1.54, 1.807) is 0 Å². The summed E-state index contributed by atoms with van der Waals surface area (Å²) in [6, 6.07) is 10.3. The molecule has 2 aliphatic rings. The van der Waals surface area contributed by atoms with Gasteiger partial charge >= 0.3 is 0 Å². The number of rotatable bonds is 4. The first-order chi connectivity index (χ1) is 13.6. The molecule has 0 radical (unpaired) electrons. The van der Waals surface area contributed by atoms with Crippen molar-refractivity contribution in [3.05, 3.63) is 47.3 Å². The van der Waals surface area contributed by atoms with Gasteiger partial charge in [-0.3, -0.25) is 0 Å². The number of aryl methyl sites for hydroxylation is 1. The van der Waals surface area contributed by atoms with Crippen LogP contribution in [0.25, 0.3) is 5.69 Å². The third-order valence-corrected chi connectivity index (χ3v) is 6.09. The molecule has 3 heterocycles. The van der Waals surface area contributed by atoms with Gasteiger partial charge in [0, 0.05) is 42.9 Å². The Morgan fingerprint density at radius 3 is 2.79 bits per heavy atom. The molecule has 0 saturated carbocycles. The molecule has 0 aliphatic carbocycles.